The van der Waals surface area contributed by atoms with Crippen molar-refractivity contribution in [3.05, 3.63) is 54.9 Å². The third-order valence-electron chi connectivity index (χ3n) is 3.66. The van der Waals surface area contributed by atoms with Crippen molar-refractivity contribution in [1.82, 2.24) is 20.0 Å². The Labute approximate surface area is 133 Å². The summed E-state index contributed by atoms with van der Waals surface area (Å²) < 4.78 is 1.49. The van der Waals surface area contributed by atoms with Crippen LogP contribution < -0.4 is 0 Å². The smallest absolute Gasteiger partial charge is 0.328 e. The first-order valence-electron chi connectivity index (χ1n) is 7.36. The fraction of sp³-hybridized carbons (Fsp3) is 0.176. The molecule has 23 heavy (non-hydrogen) atoms. The van der Waals surface area contributed by atoms with Gasteiger partial charge in [-0.3, -0.25) is 4.98 Å². The number of benzene rings is 1. The molecule has 2 aromatic heterocycles. The topological polar surface area (TPSA) is 80.9 Å². The molecule has 0 saturated heterocycles. The summed E-state index contributed by atoms with van der Waals surface area (Å²) in [6.07, 6.45) is 3.78. The second-order valence-electron chi connectivity index (χ2n) is 5.10. The van der Waals surface area contributed by atoms with Crippen LogP contribution in [0.15, 0.2) is 54.9 Å². The summed E-state index contributed by atoms with van der Waals surface area (Å²) in [6.45, 7) is 1.82. The van der Waals surface area contributed by atoms with Crippen molar-refractivity contribution in [2.45, 2.75) is 19.4 Å². The molecule has 2 heterocycles. The highest BCUT2D eigenvalue weighted by atomic mass is 16.4. The van der Waals surface area contributed by atoms with E-state index in [1.165, 1.54) is 4.68 Å². The normalized spacial score (nSPS) is 12.0. The molecule has 3 rings (SSSR count). The van der Waals surface area contributed by atoms with Crippen molar-refractivity contribution >= 4 is 5.97 Å². The highest BCUT2D eigenvalue weighted by Crippen LogP contribution is 2.32. The first kappa shape index (κ1) is 14.9. The Morgan fingerprint density at radius 1 is 1.13 bits per heavy atom. The molecular formula is C17H16N4O2. The number of carboxylic acid groups (broad SMARTS) is 1. The summed E-state index contributed by atoms with van der Waals surface area (Å²) >= 11 is 0. The van der Waals surface area contributed by atoms with E-state index < -0.39 is 12.0 Å². The van der Waals surface area contributed by atoms with Gasteiger partial charge in [-0.1, -0.05) is 42.5 Å². The van der Waals surface area contributed by atoms with Gasteiger partial charge in [0.2, 0.25) is 0 Å². The summed E-state index contributed by atoms with van der Waals surface area (Å²) in [6, 6.07) is 12.5. The van der Waals surface area contributed by atoms with Crippen molar-refractivity contribution in [3.8, 4) is 22.5 Å². The number of carboxylic acids is 1. The summed E-state index contributed by atoms with van der Waals surface area (Å²) in [5.41, 5.74) is 3.08. The van der Waals surface area contributed by atoms with E-state index in [0.717, 1.165) is 11.1 Å². The maximum atomic E-state index is 11.6. The molecule has 3 aromatic rings. The Kier molecular flexibility index (Phi) is 4.14. The highest BCUT2D eigenvalue weighted by molar-refractivity contribution is 5.80. The molecule has 0 fully saturated rings. The molecule has 1 N–H and O–H groups in total. The predicted octanol–water partition coefficient (Wildman–Crippen LogP) is 3.04. The van der Waals surface area contributed by atoms with Crippen LogP contribution in [0.5, 0.6) is 0 Å². The molecule has 0 aliphatic heterocycles. The number of pyridine rings is 1. The molecule has 116 valence electrons. The van der Waals surface area contributed by atoms with Gasteiger partial charge in [0.25, 0.3) is 0 Å². The SMILES string of the molecule is CCC(C(=O)O)n1nnc(-c2ccncc2)c1-c1ccccc1. The number of nitrogens with zero attached hydrogens (tertiary/aromatic N) is 4. The molecule has 0 amide bonds. The van der Waals surface area contributed by atoms with Crippen LogP contribution in [0.25, 0.3) is 22.5 Å². The molecule has 1 unspecified atom stereocenters. The monoisotopic (exact) mass is 308 g/mol. The van der Waals surface area contributed by atoms with Crippen molar-refractivity contribution < 1.29 is 9.90 Å². The Morgan fingerprint density at radius 3 is 2.43 bits per heavy atom. The zero-order valence-electron chi connectivity index (χ0n) is 12.6. The number of aromatic nitrogens is 4. The summed E-state index contributed by atoms with van der Waals surface area (Å²) in [5, 5.41) is 17.8. The largest absolute Gasteiger partial charge is 0.480 e. The van der Waals surface area contributed by atoms with Gasteiger partial charge in [0.1, 0.15) is 5.69 Å². The Hall–Kier alpha value is -3.02. The van der Waals surface area contributed by atoms with Crippen molar-refractivity contribution in [3.63, 3.8) is 0 Å². The number of hydrogen-bond acceptors (Lipinski definition) is 4. The van der Waals surface area contributed by atoms with E-state index in [2.05, 4.69) is 15.3 Å². The van der Waals surface area contributed by atoms with Crippen molar-refractivity contribution in [2.75, 3.05) is 0 Å². The lowest BCUT2D eigenvalue weighted by Crippen LogP contribution is -2.20. The van der Waals surface area contributed by atoms with E-state index in [1.54, 1.807) is 12.4 Å². The van der Waals surface area contributed by atoms with Gasteiger partial charge < -0.3 is 5.11 Å². The van der Waals surface area contributed by atoms with E-state index in [-0.39, 0.29) is 0 Å². The molecule has 6 heteroatoms. The lowest BCUT2D eigenvalue weighted by molar-refractivity contribution is -0.141. The zero-order valence-corrected chi connectivity index (χ0v) is 12.6. The summed E-state index contributed by atoms with van der Waals surface area (Å²) in [4.78, 5) is 15.6. The first-order valence-corrected chi connectivity index (χ1v) is 7.36. The lowest BCUT2D eigenvalue weighted by Gasteiger charge is -2.14. The average molecular weight is 308 g/mol. The molecule has 0 spiro atoms. The molecule has 1 aromatic carbocycles. The van der Waals surface area contributed by atoms with Gasteiger partial charge in [-0.25, -0.2) is 9.48 Å². The summed E-state index contributed by atoms with van der Waals surface area (Å²) in [7, 11) is 0. The van der Waals surface area contributed by atoms with Crippen molar-refractivity contribution in [2.24, 2.45) is 0 Å². The Morgan fingerprint density at radius 2 is 1.83 bits per heavy atom. The molecular weight excluding hydrogens is 292 g/mol. The van der Waals surface area contributed by atoms with Crippen LogP contribution >= 0.6 is 0 Å². The minimum Gasteiger partial charge on any atom is -0.480 e. The third-order valence-corrected chi connectivity index (χ3v) is 3.66. The van der Waals surface area contributed by atoms with Gasteiger partial charge in [0.05, 0.1) is 5.69 Å². The van der Waals surface area contributed by atoms with Gasteiger partial charge in [0.15, 0.2) is 6.04 Å². The highest BCUT2D eigenvalue weighted by Gasteiger charge is 2.25. The van der Waals surface area contributed by atoms with Crippen LogP contribution in [-0.2, 0) is 4.79 Å². The van der Waals surface area contributed by atoms with Gasteiger partial charge >= 0.3 is 5.97 Å². The second-order valence-corrected chi connectivity index (χ2v) is 5.10. The maximum absolute atomic E-state index is 11.6. The number of hydrogen-bond donors (Lipinski definition) is 1. The van der Waals surface area contributed by atoms with Crippen LogP contribution in [0.4, 0.5) is 0 Å². The van der Waals surface area contributed by atoms with Gasteiger partial charge in [0, 0.05) is 23.5 Å². The molecule has 0 saturated carbocycles. The quantitative estimate of drug-likeness (QED) is 0.783. The molecule has 0 aliphatic carbocycles. The van der Waals surface area contributed by atoms with Gasteiger partial charge in [-0.05, 0) is 18.6 Å². The van der Waals surface area contributed by atoms with Crippen LogP contribution in [-0.4, -0.2) is 31.1 Å². The number of aliphatic carboxylic acids is 1. The first-order chi connectivity index (χ1) is 11.2. The second kappa shape index (κ2) is 6.39. The van der Waals surface area contributed by atoms with Crippen LogP contribution in [0, 0.1) is 0 Å². The fourth-order valence-electron chi connectivity index (χ4n) is 2.53. The van der Waals surface area contributed by atoms with E-state index in [1.807, 2.05) is 49.4 Å². The Bertz CT molecular complexity index is 800. The van der Waals surface area contributed by atoms with Crippen LogP contribution in [0.2, 0.25) is 0 Å². The lowest BCUT2D eigenvalue weighted by atomic mass is 10.0. The molecule has 0 bridgehead atoms. The predicted molar refractivity (Wildman–Crippen MR) is 85.7 cm³/mol. The standard InChI is InChI=1S/C17H16N4O2/c1-2-14(17(22)23)21-16(13-6-4-3-5-7-13)15(19-20-21)12-8-10-18-11-9-12/h3-11,14H,2H2,1H3,(H,22,23). The minimum atomic E-state index is -0.921. The zero-order chi connectivity index (χ0) is 16.2. The van der Waals surface area contributed by atoms with E-state index >= 15 is 0 Å². The number of carbonyl (C=O) groups is 1. The minimum absolute atomic E-state index is 0.425. The molecule has 0 radical (unpaired) electrons. The van der Waals surface area contributed by atoms with E-state index in [9.17, 15) is 9.90 Å². The van der Waals surface area contributed by atoms with E-state index in [0.29, 0.717) is 17.8 Å². The molecule has 0 aliphatic rings. The average Bonchev–Trinajstić information content (AvgIpc) is 3.01. The third kappa shape index (κ3) is 2.83. The molecule has 6 nitrogen and oxygen atoms in total. The van der Waals surface area contributed by atoms with E-state index in [4.69, 9.17) is 0 Å². The van der Waals surface area contributed by atoms with Crippen LogP contribution in [0.1, 0.15) is 19.4 Å². The summed E-state index contributed by atoms with van der Waals surface area (Å²) in [5.74, 6) is -0.921. The van der Waals surface area contributed by atoms with Gasteiger partial charge in [-0.2, -0.15) is 0 Å². The maximum Gasteiger partial charge on any atom is 0.328 e. The van der Waals surface area contributed by atoms with Gasteiger partial charge in [-0.15, -0.1) is 5.10 Å². The van der Waals surface area contributed by atoms with Crippen LogP contribution in [0.3, 0.4) is 0 Å². The fourth-order valence-corrected chi connectivity index (χ4v) is 2.53. The van der Waals surface area contributed by atoms with Crippen molar-refractivity contribution in [1.29, 1.82) is 0 Å². The molecule has 1 atom stereocenters. The Balaban J connectivity index is 2.23. The number of rotatable bonds is 5.